The molecule has 1 aromatic rings. The summed E-state index contributed by atoms with van der Waals surface area (Å²) in [5.74, 6) is 0. The van der Waals surface area contributed by atoms with Crippen molar-refractivity contribution in [2.45, 2.75) is 16.6 Å². The Morgan fingerprint density at radius 3 is 3.07 bits per heavy atom. The van der Waals surface area contributed by atoms with Crippen LogP contribution in [0.2, 0.25) is 0 Å². The Kier molecular flexibility index (Phi) is 4.13. The zero-order valence-corrected chi connectivity index (χ0v) is 11.0. The first-order valence-corrected chi connectivity index (χ1v) is 7.32. The zero-order chi connectivity index (χ0) is 9.80. The lowest BCUT2D eigenvalue weighted by Gasteiger charge is -2.08. The van der Waals surface area contributed by atoms with E-state index in [1.165, 1.54) is 21.3 Å². The molecule has 14 heavy (non-hydrogen) atoms. The fraction of sp³-hybridized carbons (Fsp3) is 0.455. The van der Waals surface area contributed by atoms with Crippen LogP contribution >= 0.6 is 34.4 Å². The van der Waals surface area contributed by atoms with Crippen LogP contribution in [0.25, 0.3) is 0 Å². The molecule has 1 unspecified atom stereocenters. The van der Waals surface area contributed by atoms with Crippen molar-refractivity contribution >= 4 is 34.4 Å². The van der Waals surface area contributed by atoms with E-state index in [4.69, 9.17) is 0 Å². The average Bonchev–Trinajstić information content (AvgIpc) is 2.60. The van der Waals surface area contributed by atoms with Crippen LogP contribution in [-0.2, 0) is 6.42 Å². The first-order valence-electron chi connectivity index (χ1n) is 4.91. The van der Waals surface area contributed by atoms with Gasteiger partial charge >= 0.3 is 0 Å². The Morgan fingerprint density at radius 1 is 1.43 bits per heavy atom. The molecule has 0 spiro atoms. The summed E-state index contributed by atoms with van der Waals surface area (Å²) in [7, 11) is 0. The number of alkyl halides is 1. The Labute approximate surface area is 103 Å². The highest BCUT2D eigenvalue weighted by Gasteiger charge is 2.20. The molecule has 1 atom stereocenters. The van der Waals surface area contributed by atoms with Crippen LogP contribution in [-0.4, -0.2) is 22.8 Å². The third kappa shape index (κ3) is 2.64. The summed E-state index contributed by atoms with van der Waals surface area (Å²) in [5.41, 5.74) is 1.53. The number of nitrogens with one attached hydrogen (secondary N) is 1. The van der Waals surface area contributed by atoms with Crippen LogP contribution in [0.5, 0.6) is 0 Å². The maximum atomic E-state index is 3.48. The minimum Gasteiger partial charge on any atom is -0.315 e. The molecule has 1 N–H and O–H groups in total. The molecule has 0 amide bonds. The molecule has 0 saturated heterocycles. The predicted molar refractivity (Wildman–Crippen MR) is 71.5 cm³/mol. The fourth-order valence-corrected chi connectivity index (χ4v) is 3.36. The van der Waals surface area contributed by atoms with E-state index in [2.05, 4.69) is 52.2 Å². The second-order valence-electron chi connectivity index (χ2n) is 3.44. The molecule has 0 radical (unpaired) electrons. The van der Waals surface area contributed by atoms with E-state index >= 15 is 0 Å². The molecule has 0 bridgehead atoms. The molecule has 1 aliphatic rings. The summed E-state index contributed by atoms with van der Waals surface area (Å²) in [6.45, 7) is 2.27. The van der Waals surface area contributed by atoms with Gasteiger partial charge in [-0.3, -0.25) is 0 Å². The maximum Gasteiger partial charge on any atom is 0.0260 e. The molecule has 3 heteroatoms. The fourth-order valence-electron chi connectivity index (χ4n) is 1.70. The van der Waals surface area contributed by atoms with Crippen molar-refractivity contribution in [3.63, 3.8) is 0 Å². The second kappa shape index (κ2) is 5.37. The highest BCUT2D eigenvalue weighted by atomic mass is 127. The summed E-state index contributed by atoms with van der Waals surface area (Å²) < 4.78 is 1.20. The van der Waals surface area contributed by atoms with Crippen LogP contribution in [0.3, 0.4) is 0 Å². The van der Waals surface area contributed by atoms with Gasteiger partial charge < -0.3 is 5.32 Å². The molecule has 0 aliphatic carbocycles. The van der Waals surface area contributed by atoms with E-state index in [9.17, 15) is 0 Å². The Bertz CT molecular complexity index is 278. The lowest BCUT2D eigenvalue weighted by Crippen LogP contribution is -2.25. The number of halogens is 1. The van der Waals surface area contributed by atoms with E-state index in [0.29, 0.717) is 0 Å². The highest BCUT2D eigenvalue weighted by Crippen LogP contribution is 2.36. The Balaban J connectivity index is 1.86. The molecular formula is C11H14INS. The summed E-state index contributed by atoms with van der Waals surface area (Å²) in [6.07, 6.45) is 1.23. The van der Waals surface area contributed by atoms with Crippen LogP contribution < -0.4 is 5.32 Å². The number of hydrogen-bond donors (Lipinski definition) is 1. The molecular weight excluding hydrogens is 305 g/mol. The van der Waals surface area contributed by atoms with Gasteiger partial charge in [-0.05, 0) is 18.1 Å². The Hall–Kier alpha value is 0.260. The van der Waals surface area contributed by atoms with Gasteiger partial charge in [0.05, 0.1) is 0 Å². The normalized spacial score (nSPS) is 19.6. The van der Waals surface area contributed by atoms with E-state index in [1.54, 1.807) is 0 Å². The third-order valence-electron chi connectivity index (χ3n) is 2.36. The average molecular weight is 319 g/mol. The first kappa shape index (κ1) is 10.8. The number of benzene rings is 1. The molecule has 1 aromatic carbocycles. The van der Waals surface area contributed by atoms with Crippen molar-refractivity contribution < 1.29 is 0 Å². The topological polar surface area (TPSA) is 12.0 Å². The maximum absolute atomic E-state index is 3.48. The number of thioether (sulfide) groups is 1. The number of fused-ring (bicyclic) bond motifs is 1. The van der Waals surface area contributed by atoms with Crippen molar-refractivity contribution in [1.29, 1.82) is 0 Å². The molecule has 1 heterocycles. The van der Waals surface area contributed by atoms with Crippen LogP contribution in [0, 0.1) is 0 Å². The minimum absolute atomic E-state index is 0.746. The van der Waals surface area contributed by atoms with Crippen molar-refractivity contribution in [3.05, 3.63) is 29.8 Å². The van der Waals surface area contributed by atoms with Gasteiger partial charge in [-0.1, -0.05) is 40.8 Å². The molecule has 1 aliphatic heterocycles. The third-order valence-corrected chi connectivity index (χ3v) is 4.22. The zero-order valence-electron chi connectivity index (χ0n) is 8.00. The molecule has 0 aromatic heterocycles. The van der Waals surface area contributed by atoms with Crippen molar-refractivity contribution in [1.82, 2.24) is 5.32 Å². The molecule has 0 fully saturated rings. The van der Waals surface area contributed by atoms with Crippen molar-refractivity contribution in [2.24, 2.45) is 0 Å². The molecule has 2 rings (SSSR count). The minimum atomic E-state index is 0.746. The van der Waals surface area contributed by atoms with E-state index in [1.807, 2.05) is 11.8 Å². The lowest BCUT2D eigenvalue weighted by atomic mass is 10.1. The van der Waals surface area contributed by atoms with Gasteiger partial charge in [0.15, 0.2) is 0 Å². The largest absolute Gasteiger partial charge is 0.315 e. The van der Waals surface area contributed by atoms with Crippen molar-refractivity contribution in [2.75, 3.05) is 17.5 Å². The second-order valence-corrected chi connectivity index (χ2v) is 5.87. The van der Waals surface area contributed by atoms with Gasteiger partial charge in [0.25, 0.3) is 0 Å². The smallest absolute Gasteiger partial charge is 0.0260 e. The van der Waals surface area contributed by atoms with E-state index in [0.717, 1.165) is 18.3 Å². The van der Waals surface area contributed by atoms with Gasteiger partial charge in [-0.2, -0.15) is 0 Å². The summed E-state index contributed by atoms with van der Waals surface area (Å²) in [4.78, 5) is 1.48. The quantitative estimate of drug-likeness (QED) is 0.520. The van der Waals surface area contributed by atoms with Crippen LogP contribution in [0.4, 0.5) is 0 Å². The molecule has 1 nitrogen and oxygen atoms in total. The van der Waals surface area contributed by atoms with Gasteiger partial charge in [0.2, 0.25) is 0 Å². The van der Waals surface area contributed by atoms with Gasteiger partial charge in [-0.15, -0.1) is 11.8 Å². The first-order chi connectivity index (χ1) is 6.90. The van der Waals surface area contributed by atoms with E-state index < -0.39 is 0 Å². The predicted octanol–water partition coefficient (Wildman–Crippen LogP) is 2.73. The van der Waals surface area contributed by atoms with Crippen molar-refractivity contribution in [3.8, 4) is 0 Å². The molecule has 76 valence electrons. The standard InChI is InChI=1S/C11H14INS/c12-5-6-13-8-10-7-9-3-1-2-4-11(9)14-10/h1-4,10,13H,5-8H2. The highest BCUT2D eigenvalue weighted by molar-refractivity contribution is 14.1. The van der Waals surface area contributed by atoms with Gasteiger partial charge in [0, 0.05) is 27.7 Å². The Morgan fingerprint density at radius 2 is 2.29 bits per heavy atom. The molecule has 0 saturated carbocycles. The number of hydrogen-bond acceptors (Lipinski definition) is 2. The van der Waals surface area contributed by atoms with E-state index in [-0.39, 0.29) is 0 Å². The van der Waals surface area contributed by atoms with Gasteiger partial charge in [-0.25, -0.2) is 0 Å². The van der Waals surface area contributed by atoms with Crippen LogP contribution in [0.15, 0.2) is 29.2 Å². The lowest BCUT2D eigenvalue weighted by molar-refractivity contribution is 0.697. The van der Waals surface area contributed by atoms with Gasteiger partial charge in [0.1, 0.15) is 0 Å². The summed E-state index contributed by atoms with van der Waals surface area (Å²) in [6, 6.07) is 8.76. The summed E-state index contributed by atoms with van der Waals surface area (Å²) >= 11 is 4.43. The van der Waals surface area contributed by atoms with Crippen LogP contribution in [0.1, 0.15) is 5.56 Å². The SMILES string of the molecule is ICCNCC1Cc2ccccc2S1. The summed E-state index contributed by atoms with van der Waals surface area (Å²) in [5, 5.41) is 4.23. The monoisotopic (exact) mass is 319 g/mol. The number of rotatable bonds is 4.